The summed E-state index contributed by atoms with van der Waals surface area (Å²) in [5, 5.41) is 12.8. The third kappa shape index (κ3) is 4.77. The van der Waals surface area contributed by atoms with Gasteiger partial charge < -0.3 is 15.3 Å². The SMILES string of the molecule is O=C(Nc1ccc(C(=O)N2CCC(c3ccccc3)CC2)c(O)c1)c1cc(F)cc(F)c1. The molecule has 0 spiro atoms. The molecule has 3 aromatic rings. The van der Waals surface area contributed by atoms with E-state index in [9.17, 15) is 23.5 Å². The van der Waals surface area contributed by atoms with Gasteiger partial charge in [0.2, 0.25) is 0 Å². The molecular weight excluding hydrogens is 414 g/mol. The van der Waals surface area contributed by atoms with E-state index in [2.05, 4.69) is 17.4 Å². The summed E-state index contributed by atoms with van der Waals surface area (Å²) in [6.07, 6.45) is 1.68. The molecule has 0 aromatic heterocycles. The van der Waals surface area contributed by atoms with E-state index < -0.39 is 17.5 Å². The molecule has 0 radical (unpaired) electrons. The number of piperidine rings is 1. The summed E-state index contributed by atoms with van der Waals surface area (Å²) in [5.41, 5.74) is 1.42. The number of carbonyl (C=O) groups excluding carboxylic acids is 2. The molecule has 7 heteroatoms. The van der Waals surface area contributed by atoms with E-state index in [0.29, 0.717) is 25.1 Å². The maximum absolute atomic E-state index is 13.3. The number of nitrogens with zero attached hydrogens (tertiary/aromatic N) is 1. The highest BCUT2D eigenvalue weighted by atomic mass is 19.1. The Balaban J connectivity index is 1.41. The Labute approximate surface area is 184 Å². The number of likely N-dealkylation sites (tertiary alicyclic amines) is 1. The zero-order chi connectivity index (χ0) is 22.7. The number of hydrogen-bond donors (Lipinski definition) is 2. The predicted molar refractivity (Wildman–Crippen MR) is 117 cm³/mol. The Morgan fingerprint density at radius 1 is 0.906 bits per heavy atom. The number of carbonyl (C=O) groups is 2. The molecule has 164 valence electrons. The number of rotatable bonds is 4. The highest BCUT2D eigenvalue weighted by Crippen LogP contribution is 2.30. The second-order valence-electron chi connectivity index (χ2n) is 7.82. The van der Waals surface area contributed by atoms with Crippen molar-refractivity contribution in [3.05, 3.63) is 95.1 Å². The van der Waals surface area contributed by atoms with Crippen LogP contribution in [0.4, 0.5) is 14.5 Å². The maximum atomic E-state index is 13.3. The topological polar surface area (TPSA) is 69.6 Å². The number of hydrogen-bond acceptors (Lipinski definition) is 3. The predicted octanol–water partition coefficient (Wildman–Crippen LogP) is 4.94. The van der Waals surface area contributed by atoms with E-state index in [1.807, 2.05) is 18.2 Å². The number of amides is 2. The van der Waals surface area contributed by atoms with E-state index in [1.54, 1.807) is 4.90 Å². The summed E-state index contributed by atoms with van der Waals surface area (Å²) < 4.78 is 26.7. The third-order valence-electron chi connectivity index (χ3n) is 5.66. The molecule has 2 amide bonds. The van der Waals surface area contributed by atoms with Gasteiger partial charge in [-0.3, -0.25) is 9.59 Å². The first-order valence-electron chi connectivity index (χ1n) is 10.4. The Bertz CT molecular complexity index is 1120. The molecule has 0 unspecified atom stereocenters. The fourth-order valence-electron chi connectivity index (χ4n) is 3.99. The minimum absolute atomic E-state index is 0.137. The Morgan fingerprint density at radius 2 is 1.56 bits per heavy atom. The molecule has 0 aliphatic carbocycles. The van der Waals surface area contributed by atoms with E-state index in [-0.39, 0.29) is 28.5 Å². The van der Waals surface area contributed by atoms with Crippen molar-refractivity contribution in [1.29, 1.82) is 0 Å². The number of phenolic OH excluding ortho intramolecular Hbond substituents is 1. The van der Waals surface area contributed by atoms with Crippen LogP contribution in [0.25, 0.3) is 0 Å². The van der Waals surface area contributed by atoms with Gasteiger partial charge in [0.25, 0.3) is 11.8 Å². The average Bonchev–Trinajstić information content (AvgIpc) is 2.79. The van der Waals surface area contributed by atoms with Crippen LogP contribution < -0.4 is 5.32 Å². The molecule has 1 aliphatic rings. The zero-order valence-electron chi connectivity index (χ0n) is 17.2. The van der Waals surface area contributed by atoms with Crippen molar-refractivity contribution < 1.29 is 23.5 Å². The van der Waals surface area contributed by atoms with Gasteiger partial charge in [0, 0.05) is 36.5 Å². The number of nitrogens with one attached hydrogen (secondary N) is 1. The van der Waals surface area contributed by atoms with Gasteiger partial charge in [0.05, 0.1) is 5.56 Å². The molecule has 1 saturated heterocycles. The molecule has 1 heterocycles. The first-order chi connectivity index (χ1) is 15.4. The summed E-state index contributed by atoms with van der Waals surface area (Å²) in [5.74, 6) is -2.61. The van der Waals surface area contributed by atoms with Crippen LogP contribution in [0.5, 0.6) is 5.75 Å². The standard InChI is InChI=1S/C25H22F2N2O3/c26-19-12-18(13-20(27)14-19)24(31)28-21-6-7-22(23(30)15-21)25(32)29-10-8-17(9-11-29)16-4-2-1-3-5-16/h1-7,12-15,17,30H,8-11H2,(H,28,31). The van der Waals surface area contributed by atoms with Gasteiger partial charge in [-0.2, -0.15) is 0 Å². The first kappa shape index (κ1) is 21.5. The van der Waals surface area contributed by atoms with Crippen LogP contribution in [-0.2, 0) is 0 Å². The van der Waals surface area contributed by atoms with Gasteiger partial charge in [-0.25, -0.2) is 8.78 Å². The van der Waals surface area contributed by atoms with Crippen molar-refractivity contribution in [1.82, 2.24) is 4.90 Å². The lowest BCUT2D eigenvalue weighted by atomic mass is 9.89. The molecule has 32 heavy (non-hydrogen) atoms. The molecule has 3 aromatic carbocycles. The molecular formula is C25H22F2N2O3. The lowest BCUT2D eigenvalue weighted by Crippen LogP contribution is -2.37. The minimum Gasteiger partial charge on any atom is -0.507 e. The Morgan fingerprint density at radius 3 is 2.19 bits per heavy atom. The minimum atomic E-state index is -0.866. The number of halogens is 2. The van der Waals surface area contributed by atoms with Gasteiger partial charge >= 0.3 is 0 Å². The zero-order valence-corrected chi connectivity index (χ0v) is 17.2. The van der Waals surface area contributed by atoms with Crippen molar-refractivity contribution in [3.8, 4) is 5.75 Å². The molecule has 0 bridgehead atoms. The summed E-state index contributed by atoms with van der Waals surface area (Å²) in [6, 6.07) is 16.8. The number of anilines is 1. The Kier molecular flexibility index (Phi) is 6.16. The van der Waals surface area contributed by atoms with Gasteiger partial charge in [0.1, 0.15) is 17.4 Å². The molecule has 1 aliphatic heterocycles. The van der Waals surface area contributed by atoms with Gasteiger partial charge in [-0.05, 0) is 48.6 Å². The highest BCUT2D eigenvalue weighted by molar-refractivity contribution is 6.05. The van der Waals surface area contributed by atoms with E-state index >= 15 is 0 Å². The number of phenols is 1. The summed E-state index contributed by atoms with van der Waals surface area (Å²) in [7, 11) is 0. The van der Waals surface area contributed by atoms with Crippen molar-refractivity contribution in [2.45, 2.75) is 18.8 Å². The average molecular weight is 436 g/mol. The van der Waals surface area contributed by atoms with Crippen molar-refractivity contribution in [2.24, 2.45) is 0 Å². The molecule has 2 N–H and O–H groups in total. The van der Waals surface area contributed by atoms with E-state index in [4.69, 9.17) is 0 Å². The first-order valence-corrected chi connectivity index (χ1v) is 10.4. The number of aromatic hydroxyl groups is 1. The fraction of sp³-hybridized carbons (Fsp3) is 0.200. The van der Waals surface area contributed by atoms with Gasteiger partial charge in [-0.1, -0.05) is 30.3 Å². The van der Waals surface area contributed by atoms with Crippen molar-refractivity contribution >= 4 is 17.5 Å². The van der Waals surface area contributed by atoms with Crippen LogP contribution >= 0.6 is 0 Å². The van der Waals surface area contributed by atoms with Gasteiger partial charge in [0.15, 0.2) is 0 Å². The lowest BCUT2D eigenvalue weighted by molar-refractivity contribution is 0.0710. The van der Waals surface area contributed by atoms with Crippen LogP contribution in [-0.4, -0.2) is 34.9 Å². The van der Waals surface area contributed by atoms with Crippen LogP contribution in [0, 0.1) is 11.6 Å². The highest BCUT2D eigenvalue weighted by Gasteiger charge is 2.26. The second kappa shape index (κ2) is 9.18. The summed E-state index contributed by atoms with van der Waals surface area (Å²) in [4.78, 5) is 26.8. The summed E-state index contributed by atoms with van der Waals surface area (Å²) >= 11 is 0. The Hall–Kier alpha value is -3.74. The second-order valence-corrected chi connectivity index (χ2v) is 7.82. The van der Waals surface area contributed by atoms with Crippen LogP contribution in [0.1, 0.15) is 45.0 Å². The monoisotopic (exact) mass is 436 g/mol. The van der Waals surface area contributed by atoms with Crippen molar-refractivity contribution in [3.63, 3.8) is 0 Å². The maximum Gasteiger partial charge on any atom is 0.257 e. The quantitative estimate of drug-likeness (QED) is 0.609. The smallest absolute Gasteiger partial charge is 0.257 e. The normalized spacial score (nSPS) is 14.2. The van der Waals surface area contributed by atoms with Crippen LogP contribution in [0.2, 0.25) is 0 Å². The van der Waals surface area contributed by atoms with Crippen LogP contribution in [0.3, 0.4) is 0 Å². The van der Waals surface area contributed by atoms with Crippen molar-refractivity contribution in [2.75, 3.05) is 18.4 Å². The molecule has 4 rings (SSSR count). The summed E-state index contributed by atoms with van der Waals surface area (Å²) in [6.45, 7) is 1.17. The molecule has 0 atom stereocenters. The molecule has 1 fully saturated rings. The molecule has 5 nitrogen and oxygen atoms in total. The lowest BCUT2D eigenvalue weighted by Gasteiger charge is -2.32. The van der Waals surface area contributed by atoms with E-state index in [1.165, 1.54) is 23.8 Å². The molecule has 0 saturated carbocycles. The fourth-order valence-corrected chi connectivity index (χ4v) is 3.99. The van der Waals surface area contributed by atoms with Crippen LogP contribution in [0.15, 0.2) is 66.7 Å². The van der Waals surface area contributed by atoms with Gasteiger partial charge in [-0.15, -0.1) is 0 Å². The largest absolute Gasteiger partial charge is 0.507 e. The third-order valence-corrected chi connectivity index (χ3v) is 5.66. The van der Waals surface area contributed by atoms with E-state index in [0.717, 1.165) is 25.0 Å². The number of benzene rings is 3.